The maximum absolute atomic E-state index is 12.0. The average molecular weight is 352 g/mol. The van der Waals surface area contributed by atoms with Gasteiger partial charge in [0.1, 0.15) is 5.75 Å². The van der Waals surface area contributed by atoms with Crippen LogP contribution in [-0.4, -0.2) is 12.5 Å². The Bertz CT molecular complexity index is 861. The summed E-state index contributed by atoms with van der Waals surface area (Å²) in [5, 5.41) is 3.26. The van der Waals surface area contributed by atoms with E-state index in [1.54, 1.807) is 12.1 Å². The first-order valence-electron chi connectivity index (χ1n) is 7.96. The Labute approximate surface area is 152 Å². The van der Waals surface area contributed by atoms with Gasteiger partial charge in [0.05, 0.1) is 10.7 Å². The van der Waals surface area contributed by atoms with Gasteiger partial charge in [-0.25, -0.2) is 0 Å². The van der Waals surface area contributed by atoms with Gasteiger partial charge in [-0.05, 0) is 47.9 Å². The Morgan fingerprint density at radius 3 is 2.32 bits per heavy atom. The van der Waals surface area contributed by atoms with Gasteiger partial charge >= 0.3 is 0 Å². The van der Waals surface area contributed by atoms with Gasteiger partial charge in [0.25, 0.3) is 5.91 Å². The van der Waals surface area contributed by atoms with Crippen molar-refractivity contribution in [2.24, 2.45) is 0 Å². The number of anilines is 1. The predicted octanol–water partition coefficient (Wildman–Crippen LogP) is 5.33. The van der Waals surface area contributed by atoms with Crippen LogP contribution in [0.3, 0.4) is 0 Å². The molecule has 3 rings (SSSR count). The summed E-state index contributed by atoms with van der Waals surface area (Å²) in [5.41, 5.74) is 3.86. The van der Waals surface area contributed by atoms with Crippen LogP contribution in [0.4, 0.5) is 5.69 Å². The molecule has 0 aliphatic heterocycles. The monoisotopic (exact) mass is 351 g/mol. The molecule has 0 aromatic heterocycles. The van der Waals surface area contributed by atoms with E-state index in [1.165, 1.54) is 0 Å². The van der Waals surface area contributed by atoms with Crippen LogP contribution in [0.1, 0.15) is 5.56 Å². The molecule has 0 heterocycles. The van der Waals surface area contributed by atoms with Crippen molar-refractivity contribution in [3.05, 3.63) is 83.4 Å². The predicted molar refractivity (Wildman–Crippen MR) is 102 cm³/mol. The Balaban J connectivity index is 1.57. The Morgan fingerprint density at radius 1 is 0.960 bits per heavy atom. The zero-order valence-corrected chi connectivity index (χ0v) is 14.6. The lowest BCUT2D eigenvalue weighted by Crippen LogP contribution is -2.20. The number of rotatable bonds is 5. The molecule has 1 amide bonds. The molecule has 3 aromatic carbocycles. The largest absolute Gasteiger partial charge is 0.484 e. The SMILES string of the molecule is Cc1ccc(NC(=O)COc2ccc(-c3ccccc3)cc2)c(Cl)c1. The third-order valence-electron chi connectivity index (χ3n) is 3.73. The lowest BCUT2D eigenvalue weighted by molar-refractivity contribution is -0.118. The number of carbonyl (C=O) groups excluding carboxylic acids is 1. The maximum atomic E-state index is 12.0. The topological polar surface area (TPSA) is 38.3 Å². The van der Waals surface area contributed by atoms with Gasteiger partial charge in [0.15, 0.2) is 6.61 Å². The molecule has 0 atom stereocenters. The van der Waals surface area contributed by atoms with E-state index in [0.29, 0.717) is 16.5 Å². The van der Waals surface area contributed by atoms with Gasteiger partial charge in [-0.3, -0.25) is 4.79 Å². The molecule has 25 heavy (non-hydrogen) atoms. The molecule has 0 spiro atoms. The smallest absolute Gasteiger partial charge is 0.262 e. The molecule has 0 saturated carbocycles. The van der Waals surface area contributed by atoms with E-state index in [-0.39, 0.29) is 12.5 Å². The number of aryl methyl sites for hydroxylation is 1. The third-order valence-corrected chi connectivity index (χ3v) is 4.04. The summed E-state index contributed by atoms with van der Waals surface area (Å²) in [6, 6.07) is 23.2. The van der Waals surface area contributed by atoms with E-state index in [1.807, 2.05) is 55.5 Å². The molecule has 0 fully saturated rings. The van der Waals surface area contributed by atoms with Crippen molar-refractivity contribution in [1.82, 2.24) is 0 Å². The molecule has 3 nitrogen and oxygen atoms in total. The first-order chi connectivity index (χ1) is 12.1. The van der Waals surface area contributed by atoms with Crippen molar-refractivity contribution in [3.63, 3.8) is 0 Å². The number of carbonyl (C=O) groups is 1. The molecule has 1 N–H and O–H groups in total. The van der Waals surface area contributed by atoms with E-state index < -0.39 is 0 Å². The molecule has 0 saturated heterocycles. The summed E-state index contributed by atoms with van der Waals surface area (Å²) in [4.78, 5) is 12.0. The Hall–Kier alpha value is -2.78. The highest BCUT2D eigenvalue weighted by molar-refractivity contribution is 6.33. The second kappa shape index (κ2) is 7.86. The summed E-state index contributed by atoms with van der Waals surface area (Å²) in [5.74, 6) is 0.391. The normalized spacial score (nSPS) is 10.3. The van der Waals surface area contributed by atoms with E-state index in [4.69, 9.17) is 16.3 Å². The zero-order valence-electron chi connectivity index (χ0n) is 13.8. The van der Waals surface area contributed by atoms with Crippen molar-refractivity contribution < 1.29 is 9.53 Å². The standard InChI is InChI=1S/C21H18ClNO2/c1-15-7-12-20(19(22)13-15)23-21(24)14-25-18-10-8-17(9-11-18)16-5-3-2-4-6-16/h2-13H,14H2,1H3,(H,23,24). The Kier molecular flexibility index (Phi) is 5.36. The van der Waals surface area contributed by atoms with Gasteiger partial charge < -0.3 is 10.1 Å². The molecule has 0 aliphatic carbocycles. The van der Waals surface area contributed by atoms with Crippen LogP contribution in [0.25, 0.3) is 11.1 Å². The van der Waals surface area contributed by atoms with Crippen molar-refractivity contribution in [2.45, 2.75) is 6.92 Å². The highest BCUT2D eigenvalue weighted by Crippen LogP contribution is 2.23. The lowest BCUT2D eigenvalue weighted by Gasteiger charge is -2.10. The second-order valence-electron chi connectivity index (χ2n) is 5.71. The van der Waals surface area contributed by atoms with Crippen LogP contribution < -0.4 is 10.1 Å². The van der Waals surface area contributed by atoms with Crippen molar-refractivity contribution >= 4 is 23.2 Å². The lowest BCUT2D eigenvalue weighted by atomic mass is 10.1. The number of ether oxygens (including phenoxy) is 1. The van der Waals surface area contributed by atoms with Crippen molar-refractivity contribution in [2.75, 3.05) is 11.9 Å². The number of halogens is 1. The fourth-order valence-corrected chi connectivity index (χ4v) is 2.71. The minimum Gasteiger partial charge on any atom is -0.484 e. The summed E-state index contributed by atoms with van der Waals surface area (Å²) >= 11 is 6.11. The fraction of sp³-hybridized carbons (Fsp3) is 0.0952. The van der Waals surface area contributed by atoms with E-state index in [9.17, 15) is 4.79 Å². The molecule has 0 bridgehead atoms. The van der Waals surface area contributed by atoms with Crippen LogP contribution in [-0.2, 0) is 4.79 Å². The first kappa shape index (κ1) is 17.1. The van der Waals surface area contributed by atoms with Gasteiger partial charge in [-0.1, -0.05) is 60.1 Å². The zero-order chi connectivity index (χ0) is 17.6. The maximum Gasteiger partial charge on any atom is 0.262 e. The van der Waals surface area contributed by atoms with Crippen LogP contribution in [0.5, 0.6) is 5.75 Å². The van der Waals surface area contributed by atoms with Crippen LogP contribution in [0.15, 0.2) is 72.8 Å². The van der Waals surface area contributed by atoms with Gasteiger partial charge in [0.2, 0.25) is 0 Å². The van der Waals surface area contributed by atoms with Crippen LogP contribution >= 0.6 is 11.6 Å². The van der Waals surface area contributed by atoms with Crippen molar-refractivity contribution in [3.8, 4) is 16.9 Å². The van der Waals surface area contributed by atoms with Gasteiger partial charge in [-0.2, -0.15) is 0 Å². The minimum absolute atomic E-state index is 0.0745. The summed E-state index contributed by atoms with van der Waals surface area (Å²) in [6.45, 7) is 1.87. The number of hydrogen-bond acceptors (Lipinski definition) is 2. The van der Waals surface area contributed by atoms with Crippen LogP contribution in [0, 0.1) is 6.92 Å². The summed E-state index contributed by atoms with van der Waals surface area (Å²) < 4.78 is 5.54. The van der Waals surface area contributed by atoms with Gasteiger partial charge in [0, 0.05) is 0 Å². The van der Waals surface area contributed by atoms with Crippen molar-refractivity contribution in [1.29, 1.82) is 0 Å². The molecular weight excluding hydrogens is 334 g/mol. The molecule has 0 radical (unpaired) electrons. The summed E-state index contributed by atoms with van der Waals surface area (Å²) in [6.07, 6.45) is 0. The van der Waals surface area contributed by atoms with Crippen LogP contribution in [0.2, 0.25) is 5.02 Å². The number of hydrogen-bond donors (Lipinski definition) is 1. The highest BCUT2D eigenvalue weighted by Gasteiger charge is 2.07. The third kappa shape index (κ3) is 4.61. The number of amides is 1. The van der Waals surface area contributed by atoms with E-state index >= 15 is 0 Å². The molecule has 4 heteroatoms. The molecule has 0 aliphatic rings. The average Bonchev–Trinajstić information content (AvgIpc) is 2.63. The molecule has 126 valence electrons. The van der Waals surface area contributed by atoms with Gasteiger partial charge in [-0.15, -0.1) is 0 Å². The molecule has 0 unspecified atom stereocenters. The fourth-order valence-electron chi connectivity index (χ4n) is 2.43. The second-order valence-corrected chi connectivity index (χ2v) is 6.12. The molecular formula is C21H18ClNO2. The molecule has 3 aromatic rings. The van der Waals surface area contributed by atoms with E-state index in [0.717, 1.165) is 16.7 Å². The minimum atomic E-state index is -0.252. The quantitative estimate of drug-likeness (QED) is 0.674. The number of nitrogens with one attached hydrogen (secondary N) is 1. The Morgan fingerprint density at radius 2 is 1.64 bits per heavy atom. The van der Waals surface area contributed by atoms with E-state index in [2.05, 4.69) is 17.4 Å². The first-order valence-corrected chi connectivity index (χ1v) is 8.34. The highest BCUT2D eigenvalue weighted by atomic mass is 35.5. The number of benzene rings is 3. The summed E-state index contributed by atoms with van der Waals surface area (Å²) in [7, 11) is 0.